The number of anilines is 2. The van der Waals surface area contributed by atoms with Gasteiger partial charge in [0.1, 0.15) is 16.8 Å². The van der Waals surface area contributed by atoms with Gasteiger partial charge in [-0.3, -0.25) is 4.79 Å². The highest BCUT2D eigenvalue weighted by Gasteiger charge is 2.28. The van der Waals surface area contributed by atoms with Crippen LogP contribution >= 0.6 is 0 Å². The Labute approximate surface area is 240 Å². The molecule has 0 aliphatic carbocycles. The molecule has 0 unspecified atom stereocenters. The predicted octanol–water partition coefficient (Wildman–Crippen LogP) is 4.07. The van der Waals surface area contributed by atoms with Gasteiger partial charge in [0.25, 0.3) is 5.91 Å². The molecule has 2 aliphatic rings. The molecule has 0 atom stereocenters. The molecule has 0 saturated carbocycles. The number of piperazine rings is 1. The lowest BCUT2D eigenvalue weighted by Crippen LogP contribution is -2.49. The molecule has 2 saturated heterocycles. The molecule has 8 nitrogen and oxygen atoms in total. The van der Waals surface area contributed by atoms with Gasteiger partial charge < -0.3 is 14.7 Å². The molecule has 0 aromatic heterocycles. The van der Waals surface area contributed by atoms with Crippen molar-refractivity contribution < 1.29 is 17.6 Å². The molecular weight excluding hydrogens is 541 g/mol. The Balaban J connectivity index is 1.24. The SMILES string of the molecule is Cc1cc(F)c(CC2CCN(c3ccccc3C#N)CC2)cc1C(=O)N1CCN(c2ccccc2S(N)(=O)=O)CC1. The first-order chi connectivity index (χ1) is 19.7. The van der Waals surface area contributed by atoms with E-state index in [4.69, 9.17) is 5.14 Å². The maximum atomic E-state index is 15.1. The number of aryl methyl sites for hydroxylation is 1. The number of carbonyl (C=O) groups is 1. The van der Waals surface area contributed by atoms with Crippen LogP contribution in [0.4, 0.5) is 15.8 Å². The van der Waals surface area contributed by atoms with E-state index in [0.29, 0.717) is 60.5 Å². The Kier molecular flexibility index (Phi) is 8.29. The van der Waals surface area contributed by atoms with Crippen LogP contribution in [0.1, 0.15) is 39.9 Å². The molecule has 2 aliphatic heterocycles. The second-order valence-corrected chi connectivity index (χ2v) is 12.3. The largest absolute Gasteiger partial charge is 0.370 e. The molecule has 41 heavy (non-hydrogen) atoms. The Hall–Kier alpha value is -3.94. The first-order valence-corrected chi connectivity index (χ1v) is 15.4. The molecule has 2 fully saturated rings. The van der Waals surface area contributed by atoms with E-state index in [-0.39, 0.29) is 22.5 Å². The van der Waals surface area contributed by atoms with Gasteiger partial charge >= 0.3 is 0 Å². The van der Waals surface area contributed by atoms with Crippen molar-refractivity contribution in [1.29, 1.82) is 5.26 Å². The summed E-state index contributed by atoms with van der Waals surface area (Å²) in [6.07, 6.45) is 2.30. The van der Waals surface area contributed by atoms with Crippen molar-refractivity contribution >= 4 is 27.3 Å². The van der Waals surface area contributed by atoms with Crippen LogP contribution in [0.5, 0.6) is 0 Å². The first-order valence-electron chi connectivity index (χ1n) is 13.8. The van der Waals surface area contributed by atoms with E-state index < -0.39 is 10.0 Å². The molecular formula is C31H34FN5O3S. The fourth-order valence-corrected chi connectivity index (χ4v) is 6.67. The quantitative estimate of drug-likeness (QED) is 0.474. The van der Waals surface area contributed by atoms with E-state index in [0.717, 1.165) is 31.6 Å². The minimum absolute atomic E-state index is 0.0684. The van der Waals surface area contributed by atoms with Crippen molar-refractivity contribution in [3.63, 3.8) is 0 Å². The molecule has 2 heterocycles. The van der Waals surface area contributed by atoms with E-state index in [1.807, 2.05) is 29.2 Å². The Morgan fingerprint density at radius 2 is 1.56 bits per heavy atom. The number of halogens is 1. The average Bonchev–Trinajstić information content (AvgIpc) is 2.98. The van der Waals surface area contributed by atoms with Gasteiger partial charge in [0.2, 0.25) is 10.0 Å². The highest BCUT2D eigenvalue weighted by Crippen LogP contribution is 2.30. The number of nitrogens with two attached hydrogens (primary N) is 1. The summed E-state index contributed by atoms with van der Waals surface area (Å²) in [5, 5.41) is 14.8. The minimum Gasteiger partial charge on any atom is -0.370 e. The van der Waals surface area contributed by atoms with Gasteiger partial charge in [0, 0.05) is 44.8 Å². The van der Waals surface area contributed by atoms with Gasteiger partial charge in [-0.15, -0.1) is 0 Å². The number of hydrogen-bond donors (Lipinski definition) is 1. The lowest BCUT2D eigenvalue weighted by Gasteiger charge is -2.37. The summed E-state index contributed by atoms with van der Waals surface area (Å²) in [7, 11) is -3.88. The fourth-order valence-electron chi connectivity index (χ4n) is 5.92. The third-order valence-corrected chi connectivity index (χ3v) is 9.15. The van der Waals surface area contributed by atoms with E-state index in [2.05, 4.69) is 11.0 Å². The molecule has 3 aromatic carbocycles. The molecule has 0 radical (unpaired) electrons. The van der Waals surface area contributed by atoms with Crippen LogP contribution in [-0.4, -0.2) is 58.5 Å². The Morgan fingerprint density at radius 3 is 2.22 bits per heavy atom. The summed E-state index contributed by atoms with van der Waals surface area (Å²) in [4.78, 5) is 19.5. The van der Waals surface area contributed by atoms with Crippen LogP contribution in [0.3, 0.4) is 0 Å². The number of amides is 1. The van der Waals surface area contributed by atoms with E-state index >= 15 is 4.39 Å². The Morgan fingerprint density at radius 1 is 0.951 bits per heavy atom. The number of rotatable bonds is 6. The van der Waals surface area contributed by atoms with Crippen molar-refractivity contribution in [1.82, 2.24) is 4.90 Å². The third-order valence-electron chi connectivity index (χ3n) is 8.19. The number of piperidine rings is 1. The number of nitriles is 1. The van der Waals surface area contributed by atoms with Crippen molar-refractivity contribution in [2.24, 2.45) is 11.1 Å². The molecule has 0 spiro atoms. The minimum atomic E-state index is -3.88. The zero-order chi connectivity index (χ0) is 29.1. The number of para-hydroxylation sites is 2. The monoisotopic (exact) mass is 575 g/mol. The summed E-state index contributed by atoms with van der Waals surface area (Å²) in [6, 6.07) is 19.6. The molecule has 3 aromatic rings. The highest BCUT2D eigenvalue weighted by molar-refractivity contribution is 7.89. The Bertz CT molecular complexity index is 1590. The zero-order valence-electron chi connectivity index (χ0n) is 23.1. The van der Waals surface area contributed by atoms with Gasteiger partial charge in [-0.05, 0) is 79.6 Å². The van der Waals surface area contributed by atoms with Gasteiger partial charge in [0.05, 0.1) is 16.9 Å². The van der Waals surface area contributed by atoms with Gasteiger partial charge in [-0.25, -0.2) is 17.9 Å². The lowest BCUT2D eigenvalue weighted by atomic mass is 9.88. The van der Waals surface area contributed by atoms with Crippen LogP contribution in [0, 0.1) is 30.0 Å². The first kappa shape index (κ1) is 28.6. The lowest BCUT2D eigenvalue weighted by molar-refractivity contribution is 0.0745. The summed E-state index contributed by atoms with van der Waals surface area (Å²) in [6.45, 7) is 5.07. The second kappa shape index (κ2) is 11.9. The third kappa shape index (κ3) is 6.21. The van der Waals surface area contributed by atoms with E-state index in [1.165, 1.54) is 12.1 Å². The van der Waals surface area contributed by atoms with Gasteiger partial charge in [-0.1, -0.05) is 24.3 Å². The number of benzene rings is 3. The van der Waals surface area contributed by atoms with E-state index in [9.17, 15) is 18.5 Å². The van der Waals surface area contributed by atoms with Gasteiger partial charge in [0.15, 0.2) is 0 Å². The van der Waals surface area contributed by atoms with Crippen LogP contribution in [0.15, 0.2) is 65.6 Å². The summed E-state index contributed by atoms with van der Waals surface area (Å²) in [5.41, 5.74) is 3.78. The highest BCUT2D eigenvalue weighted by atomic mass is 32.2. The van der Waals surface area contributed by atoms with Crippen LogP contribution in [0.25, 0.3) is 0 Å². The summed E-state index contributed by atoms with van der Waals surface area (Å²) in [5.74, 6) is -0.158. The molecule has 2 N–H and O–H groups in total. The maximum absolute atomic E-state index is 15.1. The average molecular weight is 576 g/mol. The molecule has 214 valence electrons. The van der Waals surface area contributed by atoms with Crippen molar-refractivity contribution in [3.8, 4) is 6.07 Å². The number of sulfonamides is 1. The van der Waals surface area contributed by atoms with Crippen LogP contribution < -0.4 is 14.9 Å². The number of primary sulfonamides is 1. The summed E-state index contributed by atoms with van der Waals surface area (Å²) < 4.78 is 39.2. The molecule has 1 amide bonds. The summed E-state index contributed by atoms with van der Waals surface area (Å²) >= 11 is 0. The predicted molar refractivity (Wildman–Crippen MR) is 157 cm³/mol. The molecule has 5 rings (SSSR count). The second-order valence-electron chi connectivity index (χ2n) is 10.8. The molecule has 10 heteroatoms. The van der Waals surface area contributed by atoms with Crippen molar-refractivity contribution in [2.45, 2.75) is 31.1 Å². The van der Waals surface area contributed by atoms with Gasteiger partial charge in [-0.2, -0.15) is 5.26 Å². The number of hydrogen-bond acceptors (Lipinski definition) is 6. The molecule has 0 bridgehead atoms. The fraction of sp³-hybridized carbons (Fsp3) is 0.355. The van der Waals surface area contributed by atoms with Crippen molar-refractivity contribution in [2.75, 3.05) is 49.1 Å². The smallest absolute Gasteiger partial charge is 0.254 e. The van der Waals surface area contributed by atoms with Crippen molar-refractivity contribution in [3.05, 3.63) is 88.7 Å². The van der Waals surface area contributed by atoms with Crippen LogP contribution in [-0.2, 0) is 16.4 Å². The topological polar surface area (TPSA) is 111 Å². The number of carbonyl (C=O) groups excluding carboxylic acids is 1. The van der Waals surface area contributed by atoms with E-state index in [1.54, 1.807) is 36.1 Å². The number of nitrogens with zero attached hydrogens (tertiary/aromatic N) is 4. The normalized spacial score (nSPS) is 16.5. The maximum Gasteiger partial charge on any atom is 0.254 e. The zero-order valence-corrected chi connectivity index (χ0v) is 23.9. The standard InChI is InChI=1S/C31H34FN5O3S/c1-22-18-27(32)25(19-23-10-12-35(13-11-23)28-7-3-2-6-24(28)21-33)20-26(22)31(38)37-16-14-36(15-17-37)29-8-4-5-9-30(29)41(34,39)40/h2-9,18,20,23H,10-17,19H2,1H3,(H2,34,39,40). The van der Waals surface area contributed by atoms with Crippen LogP contribution in [0.2, 0.25) is 0 Å².